The van der Waals surface area contributed by atoms with Crippen molar-refractivity contribution in [3.63, 3.8) is 0 Å². The summed E-state index contributed by atoms with van der Waals surface area (Å²) in [6.45, 7) is 0.0838. The molecule has 4 nitrogen and oxygen atoms in total. The molecule has 0 aliphatic rings. The molecule has 0 amide bonds. The normalized spacial score (nSPS) is 10.5. The summed E-state index contributed by atoms with van der Waals surface area (Å²) in [5, 5.41) is 8.14. The molecule has 0 spiro atoms. The Bertz CT molecular complexity index is 213. The first kappa shape index (κ1) is 11.8. The predicted octanol–water partition coefficient (Wildman–Crippen LogP) is -0.357. The lowest BCUT2D eigenvalue weighted by atomic mass is 9.69. The number of carboxylic acids is 1. The largest absolute Gasteiger partial charge is 0.478 e. The number of ether oxygens (including phenoxy) is 1. The SMILES string of the molecule is [B]C([B])CCOC(=O)/C=C\C(=O)O. The van der Waals surface area contributed by atoms with E-state index in [9.17, 15) is 9.59 Å². The number of hydrogen-bond donors (Lipinski definition) is 1. The van der Waals surface area contributed by atoms with Crippen LogP contribution in [0.5, 0.6) is 0 Å². The van der Waals surface area contributed by atoms with Gasteiger partial charge in [0.25, 0.3) is 0 Å². The molecule has 0 aliphatic heterocycles. The molecule has 0 rings (SSSR count). The second-order valence-electron chi connectivity index (χ2n) is 2.29. The van der Waals surface area contributed by atoms with Gasteiger partial charge in [-0.05, 0) is 6.42 Å². The topological polar surface area (TPSA) is 63.6 Å². The highest BCUT2D eigenvalue weighted by Gasteiger charge is 1.99. The van der Waals surface area contributed by atoms with E-state index in [0.717, 1.165) is 6.08 Å². The Balaban J connectivity index is 3.58. The highest BCUT2D eigenvalue weighted by Crippen LogP contribution is 1.98. The molecule has 66 valence electrons. The van der Waals surface area contributed by atoms with E-state index in [1.807, 2.05) is 0 Å². The smallest absolute Gasteiger partial charge is 0.331 e. The van der Waals surface area contributed by atoms with Crippen molar-refractivity contribution < 1.29 is 19.4 Å². The molecular weight excluding hydrogens is 170 g/mol. The molecule has 0 heterocycles. The zero-order chi connectivity index (χ0) is 10.3. The summed E-state index contributed by atoms with van der Waals surface area (Å²) in [7, 11) is 10.4. The maximum absolute atomic E-state index is 10.7. The van der Waals surface area contributed by atoms with Crippen LogP contribution in [-0.2, 0) is 14.3 Å². The van der Waals surface area contributed by atoms with Crippen molar-refractivity contribution in [1.29, 1.82) is 0 Å². The summed E-state index contributed by atoms with van der Waals surface area (Å²) in [5.41, 5.74) is -0.531. The molecule has 0 bridgehead atoms. The van der Waals surface area contributed by atoms with Gasteiger partial charge in [0, 0.05) is 12.2 Å². The fourth-order valence-electron chi connectivity index (χ4n) is 0.483. The summed E-state index contributed by atoms with van der Waals surface area (Å²) in [4.78, 5) is 20.6. The van der Waals surface area contributed by atoms with E-state index < -0.39 is 17.7 Å². The van der Waals surface area contributed by atoms with E-state index in [4.69, 9.17) is 20.8 Å². The number of carbonyl (C=O) groups is 2. The number of carbonyl (C=O) groups excluding carboxylic acids is 1. The van der Waals surface area contributed by atoms with Gasteiger partial charge in [-0.3, -0.25) is 0 Å². The van der Waals surface area contributed by atoms with E-state index in [1.54, 1.807) is 0 Å². The standard InChI is InChI=1S/C7H8B2O4/c8-5(9)3-4-13-7(12)2-1-6(10)11/h1-2,5H,3-4H2,(H,10,11)/b2-1-. The molecule has 0 aromatic rings. The summed E-state index contributed by atoms with van der Waals surface area (Å²) >= 11 is 0. The lowest BCUT2D eigenvalue weighted by Gasteiger charge is -2.03. The highest BCUT2D eigenvalue weighted by atomic mass is 16.5. The van der Waals surface area contributed by atoms with Crippen LogP contribution in [-0.4, -0.2) is 39.3 Å². The average molecular weight is 178 g/mol. The average Bonchev–Trinajstić information content (AvgIpc) is 2.00. The van der Waals surface area contributed by atoms with Gasteiger partial charge in [0.2, 0.25) is 0 Å². The summed E-state index contributed by atoms with van der Waals surface area (Å²) in [6, 6.07) is 0. The lowest BCUT2D eigenvalue weighted by molar-refractivity contribution is -0.138. The van der Waals surface area contributed by atoms with E-state index >= 15 is 0 Å². The molecule has 0 aromatic carbocycles. The molecule has 1 N–H and O–H groups in total. The Labute approximate surface area is 78.8 Å². The van der Waals surface area contributed by atoms with Gasteiger partial charge in [-0.15, -0.1) is 5.72 Å². The summed E-state index contributed by atoms with van der Waals surface area (Å²) in [6.07, 6.45) is 1.86. The maximum Gasteiger partial charge on any atom is 0.331 e. The van der Waals surface area contributed by atoms with Gasteiger partial charge in [0.05, 0.1) is 22.3 Å². The summed E-state index contributed by atoms with van der Waals surface area (Å²) < 4.78 is 4.55. The third-order valence-corrected chi connectivity index (χ3v) is 1.06. The Morgan fingerprint density at radius 3 is 2.46 bits per heavy atom. The van der Waals surface area contributed by atoms with Crippen molar-refractivity contribution in [1.82, 2.24) is 0 Å². The van der Waals surface area contributed by atoms with Crippen molar-refractivity contribution in [2.75, 3.05) is 6.61 Å². The van der Waals surface area contributed by atoms with Gasteiger partial charge in [0.15, 0.2) is 0 Å². The molecule has 4 radical (unpaired) electrons. The van der Waals surface area contributed by atoms with Crippen LogP contribution in [0, 0.1) is 0 Å². The molecule has 6 heteroatoms. The van der Waals surface area contributed by atoms with E-state index in [-0.39, 0.29) is 6.61 Å². The Morgan fingerprint density at radius 2 is 2.00 bits per heavy atom. The molecule has 0 aromatic heterocycles. The lowest BCUT2D eigenvalue weighted by Crippen LogP contribution is -2.05. The molecule has 0 saturated heterocycles. The van der Waals surface area contributed by atoms with Crippen LogP contribution in [0.15, 0.2) is 12.2 Å². The van der Waals surface area contributed by atoms with Crippen molar-refractivity contribution >= 4 is 27.6 Å². The van der Waals surface area contributed by atoms with Crippen LogP contribution < -0.4 is 0 Å². The minimum atomic E-state index is -1.20. The quantitative estimate of drug-likeness (QED) is 0.354. The number of rotatable bonds is 5. The highest BCUT2D eigenvalue weighted by molar-refractivity contribution is 6.35. The molecule has 0 aliphatic carbocycles. The number of aliphatic carboxylic acids is 1. The molecule has 0 fully saturated rings. The van der Waals surface area contributed by atoms with E-state index in [2.05, 4.69) is 4.74 Å². The summed E-state index contributed by atoms with van der Waals surface area (Å²) in [5.74, 6) is -1.92. The van der Waals surface area contributed by atoms with Crippen molar-refractivity contribution in [2.24, 2.45) is 0 Å². The second kappa shape index (κ2) is 6.34. The Kier molecular flexibility index (Phi) is 5.76. The van der Waals surface area contributed by atoms with Crippen LogP contribution in [0.3, 0.4) is 0 Å². The third-order valence-electron chi connectivity index (χ3n) is 1.06. The van der Waals surface area contributed by atoms with Gasteiger partial charge >= 0.3 is 11.9 Å². The Hall–Kier alpha value is -1.19. The minimum absolute atomic E-state index is 0.0838. The van der Waals surface area contributed by atoms with Crippen LogP contribution in [0.4, 0.5) is 0 Å². The number of esters is 1. The first-order valence-corrected chi connectivity index (χ1v) is 3.61. The molecule has 13 heavy (non-hydrogen) atoms. The third kappa shape index (κ3) is 8.72. The Morgan fingerprint density at radius 1 is 1.38 bits per heavy atom. The zero-order valence-electron chi connectivity index (χ0n) is 6.97. The number of carboxylic acid groups (broad SMARTS) is 1. The fourth-order valence-corrected chi connectivity index (χ4v) is 0.483. The maximum atomic E-state index is 10.7. The number of hydrogen-bond acceptors (Lipinski definition) is 3. The zero-order valence-corrected chi connectivity index (χ0v) is 6.97. The van der Waals surface area contributed by atoms with Crippen molar-refractivity contribution in [2.45, 2.75) is 12.1 Å². The minimum Gasteiger partial charge on any atom is -0.478 e. The molecular formula is C7H8B2O4. The molecule has 0 atom stereocenters. The first-order chi connectivity index (χ1) is 6.02. The monoisotopic (exact) mass is 178 g/mol. The van der Waals surface area contributed by atoms with E-state index in [1.165, 1.54) is 0 Å². The molecule has 0 saturated carbocycles. The van der Waals surface area contributed by atoms with Gasteiger partial charge in [-0.25, -0.2) is 9.59 Å². The van der Waals surface area contributed by atoms with E-state index in [0.29, 0.717) is 12.5 Å². The van der Waals surface area contributed by atoms with Crippen molar-refractivity contribution in [3.8, 4) is 0 Å². The molecule has 0 unspecified atom stereocenters. The van der Waals surface area contributed by atoms with Crippen molar-refractivity contribution in [3.05, 3.63) is 12.2 Å². The van der Waals surface area contributed by atoms with Gasteiger partial charge in [-0.2, -0.15) is 0 Å². The first-order valence-electron chi connectivity index (χ1n) is 3.61. The van der Waals surface area contributed by atoms with Crippen LogP contribution >= 0.6 is 0 Å². The van der Waals surface area contributed by atoms with Crippen LogP contribution in [0.1, 0.15) is 6.42 Å². The van der Waals surface area contributed by atoms with Crippen LogP contribution in [0.2, 0.25) is 5.72 Å². The van der Waals surface area contributed by atoms with Gasteiger partial charge < -0.3 is 9.84 Å². The second-order valence-corrected chi connectivity index (χ2v) is 2.29. The van der Waals surface area contributed by atoms with Gasteiger partial charge in [0.1, 0.15) is 0 Å². The van der Waals surface area contributed by atoms with Crippen LogP contribution in [0.25, 0.3) is 0 Å². The van der Waals surface area contributed by atoms with Gasteiger partial charge in [-0.1, -0.05) is 0 Å². The predicted molar refractivity (Wildman–Crippen MR) is 47.6 cm³/mol. The fraction of sp³-hybridized carbons (Fsp3) is 0.429.